The number of hydrogen-bond donors (Lipinski definition) is 0. The summed E-state index contributed by atoms with van der Waals surface area (Å²) in [7, 11) is 0. The van der Waals surface area contributed by atoms with Gasteiger partial charge in [0.15, 0.2) is 0 Å². The van der Waals surface area contributed by atoms with E-state index in [1.807, 2.05) is 0 Å². The zero-order chi connectivity index (χ0) is 15.9. The van der Waals surface area contributed by atoms with E-state index in [1.54, 1.807) is 0 Å². The molecule has 0 amide bonds. The molecule has 3 unspecified atom stereocenters. The van der Waals surface area contributed by atoms with E-state index in [2.05, 4.69) is 34.6 Å². The van der Waals surface area contributed by atoms with Gasteiger partial charge in [0.25, 0.3) is 0 Å². The fourth-order valence-corrected chi connectivity index (χ4v) is 3.73. The van der Waals surface area contributed by atoms with Crippen LogP contribution in [0.3, 0.4) is 0 Å². The Hall–Kier alpha value is 0. The molecule has 0 aliphatic rings. The summed E-state index contributed by atoms with van der Waals surface area (Å²) in [4.78, 5) is 0. The van der Waals surface area contributed by atoms with Crippen molar-refractivity contribution >= 4 is 0 Å². The van der Waals surface area contributed by atoms with Crippen molar-refractivity contribution < 1.29 is 0 Å². The molecule has 0 aromatic heterocycles. The van der Waals surface area contributed by atoms with Crippen LogP contribution in [0.2, 0.25) is 0 Å². The van der Waals surface area contributed by atoms with E-state index < -0.39 is 0 Å². The molecular weight excluding hydrogens is 252 g/mol. The monoisotopic (exact) mass is 296 g/mol. The van der Waals surface area contributed by atoms with Crippen molar-refractivity contribution in [2.75, 3.05) is 0 Å². The molecule has 0 nitrogen and oxygen atoms in total. The van der Waals surface area contributed by atoms with Crippen molar-refractivity contribution in [1.29, 1.82) is 0 Å². The Morgan fingerprint density at radius 2 is 1.19 bits per heavy atom. The van der Waals surface area contributed by atoms with E-state index in [0.717, 1.165) is 17.8 Å². The average Bonchev–Trinajstić information content (AvgIpc) is 2.47. The first-order valence-electron chi connectivity index (χ1n) is 10.2. The highest BCUT2D eigenvalue weighted by Crippen LogP contribution is 2.27. The lowest BCUT2D eigenvalue weighted by atomic mass is 9.83. The molecule has 0 bridgehead atoms. The van der Waals surface area contributed by atoms with Crippen LogP contribution in [0.15, 0.2) is 0 Å². The lowest BCUT2D eigenvalue weighted by molar-refractivity contribution is 0.291. The van der Waals surface area contributed by atoms with E-state index in [0.29, 0.717) is 0 Å². The molecule has 21 heavy (non-hydrogen) atoms. The zero-order valence-electron chi connectivity index (χ0n) is 15.9. The van der Waals surface area contributed by atoms with Crippen LogP contribution in [0, 0.1) is 17.8 Å². The number of rotatable bonds is 15. The van der Waals surface area contributed by atoms with Crippen LogP contribution in [-0.2, 0) is 0 Å². The summed E-state index contributed by atoms with van der Waals surface area (Å²) in [5.74, 6) is 2.89. The fourth-order valence-electron chi connectivity index (χ4n) is 3.73. The second-order valence-corrected chi connectivity index (χ2v) is 7.53. The molecule has 0 heteroatoms. The Morgan fingerprint density at radius 1 is 0.571 bits per heavy atom. The molecule has 128 valence electrons. The van der Waals surface area contributed by atoms with E-state index in [9.17, 15) is 0 Å². The molecule has 0 aromatic rings. The van der Waals surface area contributed by atoms with E-state index >= 15 is 0 Å². The van der Waals surface area contributed by atoms with Gasteiger partial charge in [0, 0.05) is 0 Å². The van der Waals surface area contributed by atoms with Crippen LogP contribution in [0.1, 0.15) is 118 Å². The minimum absolute atomic E-state index is 0.950. The molecule has 0 fully saturated rings. The first-order valence-corrected chi connectivity index (χ1v) is 10.2. The molecule has 0 aliphatic heterocycles. The summed E-state index contributed by atoms with van der Waals surface area (Å²) in [6.07, 6.45) is 18.7. The molecule has 0 radical (unpaired) electrons. The first kappa shape index (κ1) is 21.0. The molecule has 0 N–H and O–H groups in total. The molecule has 0 aromatic carbocycles. The van der Waals surface area contributed by atoms with Crippen molar-refractivity contribution in [2.24, 2.45) is 17.8 Å². The van der Waals surface area contributed by atoms with Gasteiger partial charge in [0.05, 0.1) is 0 Å². The second-order valence-electron chi connectivity index (χ2n) is 7.53. The molecular formula is C21H44. The van der Waals surface area contributed by atoms with Crippen LogP contribution >= 0.6 is 0 Å². The van der Waals surface area contributed by atoms with Crippen molar-refractivity contribution in [1.82, 2.24) is 0 Å². The summed E-state index contributed by atoms with van der Waals surface area (Å²) in [6, 6.07) is 0. The van der Waals surface area contributed by atoms with Gasteiger partial charge in [-0.25, -0.2) is 0 Å². The topological polar surface area (TPSA) is 0 Å². The molecule has 3 atom stereocenters. The highest BCUT2D eigenvalue weighted by Gasteiger charge is 2.14. The van der Waals surface area contributed by atoms with Crippen molar-refractivity contribution in [2.45, 2.75) is 118 Å². The SMILES string of the molecule is CCCCCC(CC)C(C)CCCCCCC(C)CCC. The molecule has 0 saturated carbocycles. The Kier molecular flexibility index (Phi) is 14.9. The average molecular weight is 297 g/mol. The van der Waals surface area contributed by atoms with Gasteiger partial charge in [-0.3, -0.25) is 0 Å². The van der Waals surface area contributed by atoms with E-state index in [1.165, 1.54) is 83.5 Å². The standard InChI is InChI=1S/C21H44/c1-6-9-12-18-21(8-3)20(5)17-14-11-10-13-16-19(4)15-7-2/h19-21H,6-18H2,1-5H3. The van der Waals surface area contributed by atoms with Crippen molar-refractivity contribution in [3.63, 3.8) is 0 Å². The smallest absolute Gasteiger partial charge is 0.0391 e. The first-order chi connectivity index (χ1) is 10.2. The maximum absolute atomic E-state index is 2.50. The van der Waals surface area contributed by atoms with Gasteiger partial charge in [0.1, 0.15) is 0 Å². The van der Waals surface area contributed by atoms with Gasteiger partial charge in [-0.1, -0.05) is 118 Å². The molecule has 0 aliphatic carbocycles. The summed E-state index contributed by atoms with van der Waals surface area (Å²) in [5, 5.41) is 0. The Labute approximate surface area is 136 Å². The van der Waals surface area contributed by atoms with Gasteiger partial charge in [-0.05, 0) is 17.8 Å². The normalized spacial score (nSPS) is 15.9. The Balaban J connectivity index is 3.56. The lowest BCUT2D eigenvalue weighted by Gasteiger charge is -2.22. The fraction of sp³-hybridized carbons (Fsp3) is 1.00. The predicted molar refractivity (Wildman–Crippen MR) is 98.9 cm³/mol. The Morgan fingerprint density at radius 3 is 1.76 bits per heavy atom. The van der Waals surface area contributed by atoms with Crippen LogP contribution in [0.4, 0.5) is 0 Å². The van der Waals surface area contributed by atoms with Crippen LogP contribution in [0.25, 0.3) is 0 Å². The lowest BCUT2D eigenvalue weighted by Crippen LogP contribution is -2.11. The zero-order valence-corrected chi connectivity index (χ0v) is 15.9. The molecule has 0 heterocycles. The van der Waals surface area contributed by atoms with Gasteiger partial charge < -0.3 is 0 Å². The quantitative estimate of drug-likeness (QED) is 0.268. The molecule has 0 rings (SSSR count). The van der Waals surface area contributed by atoms with E-state index in [-0.39, 0.29) is 0 Å². The van der Waals surface area contributed by atoms with Crippen LogP contribution in [-0.4, -0.2) is 0 Å². The third kappa shape index (κ3) is 12.2. The van der Waals surface area contributed by atoms with Gasteiger partial charge in [0.2, 0.25) is 0 Å². The summed E-state index contributed by atoms with van der Waals surface area (Å²) < 4.78 is 0. The van der Waals surface area contributed by atoms with Gasteiger partial charge in [-0.2, -0.15) is 0 Å². The number of unbranched alkanes of at least 4 members (excludes halogenated alkanes) is 5. The maximum atomic E-state index is 2.50. The number of hydrogen-bond acceptors (Lipinski definition) is 0. The molecule has 0 spiro atoms. The highest BCUT2D eigenvalue weighted by atomic mass is 14.2. The van der Waals surface area contributed by atoms with Crippen molar-refractivity contribution in [3.05, 3.63) is 0 Å². The third-order valence-electron chi connectivity index (χ3n) is 5.40. The van der Waals surface area contributed by atoms with Crippen molar-refractivity contribution in [3.8, 4) is 0 Å². The summed E-state index contributed by atoms with van der Waals surface area (Å²) in [6.45, 7) is 11.9. The Bertz CT molecular complexity index is 196. The van der Waals surface area contributed by atoms with Crippen LogP contribution < -0.4 is 0 Å². The third-order valence-corrected chi connectivity index (χ3v) is 5.40. The molecule has 0 saturated heterocycles. The summed E-state index contributed by atoms with van der Waals surface area (Å²) >= 11 is 0. The minimum atomic E-state index is 0.950. The maximum Gasteiger partial charge on any atom is -0.0391 e. The second kappa shape index (κ2) is 14.9. The minimum Gasteiger partial charge on any atom is -0.0654 e. The van der Waals surface area contributed by atoms with Crippen LogP contribution in [0.5, 0.6) is 0 Å². The van der Waals surface area contributed by atoms with Gasteiger partial charge in [-0.15, -0.1) is 0 Å². The highest BCUT2D eigenvalue weighted by molar-refractivity contribution is 4.66. The summed E-state index contributed by atoms with van der Waals surface area (Å²) in [5.41, 5.74) is 0. The largest absolute Gasteiger partial charge is 0.0654 e. The van der Waals surface area contributed by atoms with Gasteiger partial charge >= 0.3 is 0 Å². The predicted octanol–water partition coefficient (Wildman–Crippen LogP) is 8.01. The van der Waals surface area contributed by atoms with E-state index in [4.69, 9.17) is 0 Å².